The highest BCUT2D eigenvalue weighted by Gasteiger charge is 2.06. The number of carbonyl (C=O) groups is 2. The lowest BCUT2D eigenvalue weighted by atomic mass is 10.0. The number of rotatable bonds is 8. The van der Waals surface area contributed by atoms with E-state index in [2.05, 4.69) is 10.6 Å². The predicted molar refractivity (Wildman–Crippen MR) is 82.7 cm³/mol. The average Bonchev–Trinajstić information content (AvgIpc) is 2.51. The molecular formula is C16H21FN2O3. The van der Waals surface area contributed by atoms with E-state index in [9.17, 15) is 14.0 Å². The van der Waals surface area contributed by atoms with E-state index in [1.807, 2.05) is 6.92 Å². The molecule has 0 spiro atoms. The fraction of sp³-hybridized carbons (Fsp3) is 0.375. The maximum Gasteiger partial charge on any atom is 0.248 e. The highest BCUT2D eigenvalue weighted by atomic mass is 19.1. The maximum absolute atomic E-state index is 12.7. The average molecular weight is 308 g/mol. The minimum Gasteiger partial charge on any atom is -0.396 e. The largest absolute Gasteiger partial charge is 0.396 e. The summed E-state index contributed by atoms with van der Waals surface area (Å²) in [6.45, 7) is 2.53. The van der Waals surface area contributed by atoms with Crippen LogP contribution >= 0.6 is 0 Å². The van der Waals surface area contributed by atoms with Crippen LogP contribution in [-0.2, 0) is 9.59 Å². The number of halogens is 1. The molecule has 0 aliphatic carbocycles. The van der Waals surface area contributed by atoms with E-state index in [-0.39, 0.29) is 24.2 Å². The first-order chi connectivity index (χ1) is 10.5. The van der Waals surface area contributed by atoms with Crippen molar-refractivity contribution in [3.05, 3.63) is 42.2 Å². The molecule has 0 radical (unpaired) electrons. The summed E-state index contributed by atoms with van der Waals surface area (Å²) in [6, 6.07) is 5.33. The van der Waals surface area contributed by atoms with Gasteiger partial charge < -0.3 is 15.7 Å². The number of amides is 2. The van der Waals surface area contributed by atoms with Gasteiger partial charge in [0.1, 0.15) is 5.82 Å². The molecule has 0 bridgehead atoms. The van der Waals surface area contributed by atoms with Gasteiger partial charge >= 0.3 is 0 Å². The first kappa shape index (κ1) is 17.8. The van der Waals surface area contributed by atoms with Crippen LogP contribution in [0.2, 0.25) is 0 Å². The number of hydrogen-bond acceptors (Lipinski definition) is 3. The molecule has 0 fully saturated rings. The Labute approximate surface area is 129 Å². The summed E-state index contributed by atoms with van der Waals surface area (Å²) in [7, 11) is 0. The van der Waals surface area contributed by atoms with Crippen molar-refractivity contribution in [2.45, 2.75) is 19.8 Å². The predicted octanol–water partition coefficient (Wildman–Crippen LogP) is 1.85. The molecule has 1 aromatic carbocycles. The number of aliphatic hydroxyl groups is 1. The van der Waals surface area contributed by atoms with Crippen LogP contribution in [0.3, 0.4) is 0 Å². The summed E-state index contributed by atoms with van der Waals surface area (Å²) in [5.41, 5.74) is 0.449. The Kier molecular flexibility index (Phi) is 7.85. The maximum atomic E-state index is 12.7. The van der Waals surface area contributed by atoms with Crippen LogP contribution in [0.5, 0.6) is 0 Å². The van der Waals surface area contributed by atoms with Gasteiger partial charge in [-0.3, -0.25) is 9.59 Å². The number of carbonyl (C=O) groups excluding carboxylic acids is 2. The topological polar surface area (TPSA) is 78.4 Å². The van der Waals surface area contributed by atoms with Gasteiger partial charge in [0.15, 0.2) is 0 Å². The van der Waals surface area contributed by atoms with Gasteiger partial charge in [0.25, 0.3) is 0 Å². The summed E-state index contributed by atoms with van der Waals surface area (Å²) >= 11 is 0. The Bertz CT molecular complexity index is 515. The molecule has 5 nitrogen and oxygen atoms in total. The van der Waals surface area contributed by atoms with Crippen molar-refractivity contribution in [3.8, 4) is 0 Å². The molecule has 0 aliphatic rings. The van der Waals surface area contributed by atoms with E-state index in [4.69, 9.17) is 5.11 Å². The monoisotopic (exact) mass is 308 g/mol. The molecule has 120 valence electrons. The van der Waals surface area contributed by atoms with Crippen LogP contribution < -0.4 is 10.6 Å². The summed E-state index contributed by atoms with van der Waals surface area (Å²) in [6.07, 6.45) is 3.75. The molecule has 6 heteroatoms. The third-order valence-electron chi connectivity index (χ3n) is 3.18. The van der Waals surface area contributed by atoms with E-state index in [1.54, 1.807) is 0 Å². The van der Waals surface area contributed by atoms with Gasteiger partial charge in [0, 0.05) is 31.0 Å². The number of aliphatic hydroxyl groups excluding tert-OH is 1. The molecule has 0 saturated carbocycles. The molecule has 0 heterocycles. The van der Waals surface area contributed by atoms with Crippen LogP contribution in [0.4, 0.5) is 10.1 Å². The zero-order chi connectivity index (χ0) is 16.4. The second kappa shape index (κ2) is 9.68. The Hall–Kier alpha value is -2.21. The van der Waals surface area contributed by atoms with Crippen LogP contribution in [-0.4, -0.2) is 30.1 Å². The van der Waals surface area contributed by atoms with Crippen molar-refractivity contribution in [3.63, 3.8) is 0 Å². The molecular weight excluding hydrogens is 287 g/mol. The zero-order valence-electron chi connectivity index (χ0n) is 12.5. The van der Waals surface area contributed by atoms with Gasteiger partial charge in [-0.15, -0.1) is 0 Å². The summed E-state index contributed by atoms with van der Waals surface area (Å²) < 4.78 is 12.7. The molecule has 22 heavy (non-hydrogen) atoms. The summed E-state index contributed by atoms with van der Waals surface area (Å²) in [4.78, 5) is 23.2. The molecule has 1 rings (SSSR count). The van der Waals surface area contributed by atoms with Crippen molar-refractivity contribution in [2.75, 3.05) is 18.5 Å². The van der Waals surface area contributed by atoms with Gasteiger partial charge in [-0.25, -0.2) is 4.39 Å². The van der Waals surface area contributed by atoms with Crippen LogP contribution in [0.1, 0.15) is 19.8 Å². The Morgan fingerprint density at radius 3 is 2.45 bits per heavy atom. The van der Waals surface area contributed by atoms with Gasteiger partial charge in [-0.1, -0.05) is 13.3 Å². The van der Waals surface area contributed by atoms with E-state index in [1.165, 1.54) is 24.3 Å². The Balaban J connectivity index is 2.38. The van der Waals surface area contributed by atoms with Crippen LogP contribution in [0, 0.1) is 11.7 Å². The lowest BCUT2D eigenvalue weighted by molar-refractivity contribution is -0.117. The molecule has 0 aliphatic heterocycles. The van der Waals surface area contributed by atoms with Gasteiger partial charge in [0.05, 0.1) is 0 Å². The van der Waals surface area contributed by atoms with Crippen LogP contribution in [0.25, 0.3) is 0 Å². The molecule has 2 amide bonds. The quantitative estimate of drug-likeness (QED) is 0.641. The molecule has 1 unspecified atom stereocenters. The minimum absolute atomic E-state index is 0.0876. The lowest BCUT2D eigenvalue weighted by Crippen LogP contribution is -2.28. The second-order valence-electron chi connectivity index (χ2n) is 4.86. The van der Waals surface area contributed by atoms with Crippen molar-refractivity contribution in [1.29, 1.82) is 0 Å². The standard InChI is InChI=1S/C16H21FN2O3/c1-2-12(9-10-20)11-18-15(21)7-8-16(22)19-14-5-3-13(17)4-6-14/h3-8,12,20H,2,9-11H2,1H3,(H,18,21)(H,19,22)/b8-7+. The summed E-state index contributed by atoms with van der Waals surface area (Å²) in [5, 5.41) is 14.1. The van der Waals surface area contributed by atoms with E-state index in [0.29, 0.717) is 18.7 Å². The van der Waals surface area contributed by atoms with Crippen molar-refractivity contribution in [1.82, 2.24) is 5.32 Å². The first-order valence-corrected chi connectivity index (χ1v) is 7.18. The van der Waals surface area contributed by atoms with Crippen molar-refractivity contribution >= 4 is 17.5 Å². The smallest absolute Gasteiger partial charge is 0.248 e. The Morgan fingerprint density at radius 2 is 1.86 bits per heavy atom. The normalized spacial score (nSPS) is 12.1. The molecule has 0 aromatic heterocycles. The third kappa shape index (κ3) is 6.99. The van der Waals surface area contributed by atoms with Crippen molar-refractivity contribution in [2.24, 2.45) is 5.92 Å². The SMILES string of the molecule is CCC(CCO)CNC(=O)/C=C/C(=O)Nc1ccc(F)cc1. The van der Waals surface area contributed by atoms with Gasteiger partial charge in [-0.2, -0.15) is 0 Å². The fourth-order valence-electron chi connectivity index (χ4n) is 1.81. The second-order valence-corrected chi connectivity index (χ2v) is 4.86. The van der Waals surface area contributed by atoms with Crippen molar-refractivity contribution < 1.29 is 19.1 Å². The van der Waals surface area contributed by atoms with E-state index in [0.717, 1.165) is 18.6 Å². The number of benzene rings is 1. The molecule has 1 atom stereocenters. The zero-order valence-corrected chi connectivity index (χ0v) is 12.5. The number of anilines is 1. The van der Waals surface area contributed by atoms with E-state index < -0.39 is 5.91 Å². The Morgan fingerprint density at radius 1 is 1.23 bits per heavy atom. The fourth-order valence-corrected chi connectivity index (χ4v) is 1.81. The van der Waals surface area contributed by atoms with Crippen LogP contribution in [0.15, 0.2) is 36.4 Å². The highest BCUT2D eigenvalue weighted by Crippen LogP contribution is 2.08. The third-order valence-corrected chi connectivity index (χ3v) is 3.18. The van der Waals surface area contributed by atoms with Gasteiger partial charge in [0.2, 0.25) is 11.8 Å². The number of nitrogens with one attached hydrogen (secondary N) is 2. The molecule has 3 N–H and O–H groups in total. The first-order valence-electron chi connectivity index (χ1n) is 7.18. The minimum atomic E-state index is -0.468. The molecule has 0 saturated heterocycles. The van der Waals surface area contributed by atoms with Gasteiger partial charge in [-0.05, 0) is 36.6 Å². The highest BCUT2D eigenvalue weighted by molar-refractivity contribution is 6.03. The summed E-state index contributed by atoms with van der Waals surface area (Å²) in [5.74, 6) is -1.01. The van der Waals surface area contributed by atoms with E-state index >= 15 is 0 Å². The molecule has 1 aromatic rings. The lowest BCUT2D eigenvalue weighted by Gasteiger charge is -2.13. The number of hydrogen-bond donors (Lipinski definition) is 3.